The van der Waals surface area contributed by atoms with Gasteiger partial charge >= 0.3 is 0 Å². The number of nitrogens with one attached hydrogen (secondary N) is 1. The van der Waals surface area contributed by atoms with Gasteiger partial charge < -0.3 is 5.32 Å². The summed E-state index contributed by atoms with van der Waals surface area (Å²) in [5.74, 6) is 0.233. The van der Waals surface area contributed by atoms with Crippen molar-refractivity contribution < 1.29 is 4.79 Å². The molecule has 1 amide bonds. The number of anilines is 1. The lowest BCUT2D eigenvalue weighted by atomic mass is 10.3. The van der Waals surface area contributed by atoms with E-state index in [1.807, 2.05) is 28.9 Å². The monoisotopic (exact) mass is 381 g/mol. The Hall–Kier alpha value is -1.41. The van der Waals surface area contributed by atoms with E-state index in [0.29, 0.717) is 11.8 Å². The van der Waals surface area contributed by atoms with Crippen molar-refractivity contribution in [3.8, 4) is 0 Å². The van der Waals surface area contributed by atoms with Gasteiger partial charge in [0, 0.05) is 10.2 Å². The lowest BCUT2D eigenvalue weighted by Gasteiger charge is -2.10. The van der Waals surface area contributed by atoms with Crippen molar-refractivity contribution in [1.29, 1.82) is 0 Å². The summed E-state index contributed by atoms with van der Waals surface area (Å²) in [6.45, 7) is 0. The van der Waals surface area contributed by atoms with Gasteiger partial charge in [-0.3, -0.25) is 4.79 Å². The van der Waals surface area contributed by atoms with Crippen LogP contribution in [0.4, 0.5) is 5.69 Å². The predicted molar refractivity (Wildman–Crippen MR) is 88.8 cm³/mol. The molecule has 1 heterocycles. The number of amides is 1. The second kappa shape index (κ2) is 7.23. The van der Waals surface area contributed by atoms with Crippen molar-refractivity contribution in [1.82, 2.24) is 20.2 Å². The first-order valence-corrected chi connectivity index (χ1v) is 8.96. The molecule has 1 aromatic heterocycles. The van der Waals surface area contributed by atoms with Crippen molar-refractivity contribution >= 4 is 39.3 Å². The Kier molecular flexibility index (Phi) is 5.09. The SMILES string of the molecule is O=C(CSc1nnnn1C1CCCC1)Nc1ccc(Br)cc1. The first kappa shape index (κ1) is 15.5. The molecule has 0 unspecified atom stereocenters. The second-order valence-corrected chi connectivity index (χ2v) is 7.05. The highest BCUT2D eigenvalue weighted by Gasteiger charge is 2.22. The smallest absolute Gasteiger partial charge is 0.234 e. The van der Waals surface area contributed by atoms with Crippen LogP contribution in [0.25, 0.3) is 0 Å². The minimum absolute atomic E-state index is 0.0618. The van der Waals surface area contributed by atoms with Gasteiger partial charge in [0.05, 0.1) is 11.8 Å². The molecule has 0 bridgehead atoms. The maximum absolute atomic E-state index is 12.0. The molecule has 0 radical (unpaired) electrons. The molecule has 3 rings (SSSR count). The molecule has 6 nitrogen and oxygen atoms in total. The largest absolute Gasteiger partial charge is 0.325 e. The lowest BCUT2D eigenvalue weighted by molar-refractivity contribution is -0.113. The fourth-order valence-corrected chi connectivity index (χ4v) is 3.53. The first-order valence-electron chi connectivity index (χ1n) is 7.18. The molecule has 0 saturated heterocycles. The van der Waals surface area contributed by atoms with Gasteiger partial charge in [-0.2, -0.15) is 0 Å². The Balaban J connectivity index is 1.55. The van der Waals surface area contributed by atoms with E-state index in [0.717, 1.165) is 28.2 Å². The molecule has 1 saturated carbocycles. The zero-order chi connectivity index (χ0) is 15.4. The maximum Gasteiger partial charge on any atom is 0.234 e. The third-order valence-corrected chi connectivity index (χ3v) is 5.06. The quantitative estimate of drug-likeness (QED) is 0.804. The summed E-state index contributed by atoms with van der Waals surface area (Å²) in [5, 5.41) is 15.4. The van der Waals surface area contributed by atoms with Gasteiger partial charge in [-0.1, -0.05) is 40.5 Å². The molecule has 1 aromatic carbocycles. The van der Waals surface area contributed by atoms with Gasteiger partial charge in [0.25, 0.3) is 0 Å². The molecule has 2 aromatic rings. The van der Waals surface area contributed by atoms with E-state index in [1.54, 1.807) is 0 Å². The van der Waals surface area contributed by atoms with Crippen molar-refractivity contribution in [3.63, 3.8) is 0 Å². The van der Waals surface area contributed by atoms with Crippen LogP contribution in [-0.2, 0) is 4.79 Å². The molecule has 8 heteroatoms. The lowest BCUT2D eigenvalue weighted by Crippen LogP contribution is -2.15. The number of carbonyl (C=O) groups is 1. The van der Waals surface area contributed by atoms with Gasteiger partial charge in [0.15, 0.2) is 0 Å². The van der Waals surface area contributed by atoms with Crippen molar-refractivity contribution in [2.24, 2.45) is 0 Å². The Labute approximate surface area is 141 Å². The third kappa shape index (κ3) is 3.86. The van der Waals surface area contributed by atoms with Crippen LogP contribution in [0.1, 0.15) is 31.7 Å². The zero-order valence-electron chi connectivity index (χ0n) is 11.9. The van der Waals surface area contributed by atoms with Crippen LogP contribution in [0.2, 0.25) is 0 Å². The first-order chi connectivity index (χ1) is 10.7. The predicted octanol–water partition coefficient (Wildman–Crippen LogP) is 3.28. The third-order valence-electron chi connectivity index (χ3n) is 3.59. The van der Waals surface area contributed by atoms with Crippen molar-refractivity contribution in [2.75, 3.05) is 11.1 Å². The molecule has 1 aliphatic carbocycles. The number of carbonyl (C=O) groups excluding carboxylic acids is 1. The fraction of sp³-hybridized carbons (Fsp3) is 0.429. The molecule has 1 N–H and O–H groups in total. The highest BCUT2D eigenvalue weighted by molar-refractivity contribution is 9.10. The number of halogens is 1. The average Bonchev–Trinajstić information content (AvgIpc) is 3.18. The number of benzene rings is 1. The summed E-state index contributed by atoms with van der Waals surface area (Å²) in [6, 6.07) is 7.88. The average molecular weight is 382 g/mol. The number of aromatic nitrogens is 4. The van der Waals surface area contributed by atoms with E-state index in [2.05, 4.69) is 36.8 Å². The molecule has 1 aliphatic rings. The van der Waals surface area contributed by atoms with Crippen LogP contribution in [0.3, 0.4) is 0 Å². The van der Waals surface area contributed by atoms with Gasteiger partial charge in [0.2, 0.25) is 11.1 Å². The standard InChI is InChI=1S/C14H16BrN5OS/c15-10-5-7-11(8-6-10)16-13(21)9-22-14-17-18-19-20(14)12-3-1-2-4-12/h5-8,12H,1-4,9H2,(H,16,21). The van der Waals surface area contributed by atoms with E-state index in [-0.39, 0.29) is 5.91 Å². The fourth-order valence-electron chi connectivity index (χ4n) is 2.52. The summed E-state index contributed by atoms with van der Waals surface area (Å²) in [7, 11) is 0. The van der Waals surface area contributed by atoms with E-state index in [1.165, 1.54) is 24.6 Å². The molecule has 0 aliphatic heterocycles. The zero-order valence-corrected chi connectivity index (χ0v) is 14.3. The minimum Gasteiger partial charge on any atom is -0.325 e. The van der Waals surface area contributed by atoms with Gasteiger partial charge in [-0.15, -0.1) is 5.10 Å². The molecule has 0 spiro atoms. The van der Waals surface area contributed by atoms with Crippen LogP contribution in [0.15, 0.2) is 33.9 Å². The molecule has 22 heavy (non-hydrogen) atoms. The topological polar surface area (TPSA) is 72.7 Å². The second-order valence-electron chi connectivity index (χ2n) is 5.19. The van der Waals surface area contributed by atoms with E-state index in [9.17, 15) is 4.79 Å². The number of rotatable bonds is 5. The van der Waals surface area contributed by atoms with E-state index in [4.69, 9.17) is 0 Å². The minimum atomic E-state index is -0.0618. The number of thioether (sulfide) groups is 1. The summed E-state index contributed by atoms with van der Waals surface area (Å²) in [4.78, 5) is 12.0. The van der Waals surface area contributed by atoms with Crippen LogP contribution in [0.5, 0.6) is 0 Å². The molecule has 0 atom stereocenters. The van der Waals surface area contributed by atoms with Crippen molar-refractivity contribution in [2.45, 2.75) is 36.9 Å². The van der Waals surface area contributed by atoms with Crippen LogP contribution >= 0.6 is 27.7 Å². The van der Waals surface area contributed by atoms with Gasteiger partial charge in [0.1, 0.15) is 0 Å². The summed E-state index contributed by atoms with van der Waals surface area (Å²) in [5.41, 5.74) is 0.782. The van der Waals surface area contributed by atoms with E-state index < -0.39 is 0 Å². The highest BCUT2D eigenvalue weighted by Crippen LogP contribution is 2.31. The van der Waals surface area contributed by atoms with Crippen LogP contribution in [0, 0.1) is 0 Å². The number of hydrogen-bond acceptors (Lipinski definition) is 5. The molecule has 116 valence electrons. The van der Waals surface area contributed by atoms with Gasteiger partial charge in [-0.25, -0.2) is 4.68 Å². The summed E-state index contributed by atoms with van der Waals surface area (Å²) < 4.78 is 2.85. The number of hydrogen-bond donors (Lipinski definition) is 1. The summed E-state index contributed by atoms with van der Waals surface area (Å²) in [6.07, 6.45) is 4.67. The maximum atomic E-state index is 12.0. The number of nitrogens with zero attached hydrogens (tertiary/aromatic N) is 4. The molecular formula is C14H16BrN5OS. The summed E-state index contributed by atoms with van der Waals surface area (Å²) >= 11 is 4.74. The normalized spacial score (nSPS) is 15.1. The molecular weight excluding hydrogens is 366 g/mol. The Morgan fingerprint density at radius 3 is 2.77 bits per heavy atom. The molecule has 1 fully saturated rings. The Morgan fingerprint density at radius 1 is 1.32 bits per heavy atom. The Bertz CT molecular complexity index is 639. The number of tetrazole rings is 1. The van der Waals surface area contributed by atoms with E-state index >= 15 is 0 Å². The Morgan fingerprint density at radius 2 is 2.05 bits per heavy atom. The van der Waals surface area contributed by atoms with Crippen LogP contribution in [-0.4, -0.2) is 31.9 Å². The van der Waals surface area contributed by atoms with Gasteiger partial charge in [-0.05, 0) is 47.5 Å². The highest BCUT2D eigenvalue weighted by atomic mass is 79.9. The van der Waals surface area contributed by atoms with Crippen LogP contribution < -0.4 is 5.32 Å². The van der Waals surface area contributed by atoms with Crippen molar-refractivity contribution in [3.05, 3.63) is 28.7 Å².